The van der Waals surface area contributed by atoms with E-state index >= 15 is 0 Å². The minimum atomic E-state index is -0.766. The second-order valence-corrected chi connectivity index (χ2v) is 5.21. The first-order valence-electron chi connectivity index (χ1n) is 5.42. The second kappa shape index (κ2) is 4.15. The number of alkyl halides is 1. The van der Waals surface area contributed by atoms with E-state index in [9.17, 15) is 14.7 Å². The van der Waals surface area contributed by atoms with Crippen molar-refractivity contribution in [1.29, 1.82) is 0 Å². The molecule has 18 heavy (non-hydrogen) atoms. The Morgan fingerprint density at radius 3 is 3.00 bits per heavy atom. The van der Waals surface area contributed by atoms with Crippen LogP contribution < -0.4 is 11.2 Å². The average Bonchev–Trinajstić information content (AvgIpc) is 2.81. The minimum Gasteiger partial charge on any atom is -0.387 e. The van der Waals surface area contributed by atoms with Crippen molar-refractivity contribution in [3.8, 4) is 0 Å². The number of hydrogen-bond acceptors (Lipinski definition) is 5. The molecule has 1 aromatic rings. The summed E-state index contributed by atoms with van der Waals surface area (Å²) in [5.74, 6) is 0. The van der Waals surface area contributed by atoms with Gasteiger partial charge in [0.05, 0.1) is 6.61 Å². The lowest BCUT2D eigenvalue weighted by atomic mass is 10.0. The van der Waals surface area contributed by atoms with Crippen LogP contribution in [0.25, 0.3) is 0 Å². The largest absolute Gasteiger partial charge is 0.387 e. The number of H-pyrrole nitrogens is 1. The number of rotatable bonds is 2. The maximum Gasteiger partial charge on any atom is 0.330 e. The molecular weight excluding hydrogens is 355 g/mol. The van der Waals surface area contributed by atoms with E-state index in [4.69, 9.17) is 9.47 Å². The number of ether oxygens (including phenoxy) is 2. The summed E-state index contributed by atoms with van der Waals surface area (Å²) in [5.41, 5.74) is -1.80. The van der Waals surface area contributed by atoms with Crippen molar-refractivity contribution in [3.63, 3.8) is 0 Å². The maximum absolute atomic E-state index is 11.7. The van der Waals surface area contributed by atoms with E-state index in [1.165, 1.54) is 16.8 Å². The van der Waals surface area contributed by atoms with Crippen molar-refractivity contribution in [3.05, 3.63) is 33.1 Å². The number of aromatic amines is 1. The van der Waals surface area contributed by atoms with Gasteiger partial charge in [0.1, 0.15) is 17.8 Å². The van der Waals surface area contributed by atoms with Crippen LogP contribution in [0.4, 0.5) is 0 Å². The Morgan fingerprint density at radius 1 is 1.61 bits per heavy atom. The predicted molar refractivity (Wildman–Crippen MR) is 68.8 cm³/mol. The minimum absolute atomic E-state index is 0.316. The molecule has 2 aliphatic rings. The molecule has 98 valence electrons. The number of fused-ring (bicyclic) bond motifs is 2. The van der Waals surface area contributed by atoms with Crippen LogP contribution in [0.2, 0.25) is 0 Å². The molecule has 0 aromatic carbocycles. The normalized spacial score (nSPS) is 38.2. The fourth-order valence-electron chi connectivity index (χ4n) is 2.35. The van der Waals surface area contributed by atoms with E-state index in [-0.39, 0.29) is 0 Å². The molecule has 3 heterocycles. The highest BCUT2D eigenvalue weighted by molar-refractivity contribution is 14.1. The number of aliphatic hydroxyl groups excluding tert-OH is 1. The topological polar surface area (TPSA) is 93.5 Å². The van der Waals surface area contributed by atoms with Gasteiger partial charge in [-0.3, -0.25) is 14.3 Å². The number of nitrogens with one attached hydrogen (secondary N) is 1. The number of nitrogens with zero attached hydrogens (tertiary/aromatic N) is 1. The molecule has 2 bridgehead atoms. The molecule has 2 fully saturated rings. The summed E-state index contributed by atoms with van der Waals surface area (Å²) in [6.07, 6.45) is -0.696. The Bertz CT molecular complexity index is 584. The molecule has 2 N–H and O–H groups in total. The van der Waals surface area contributed by atoms with E-state index in [1.807, 2.05) is 0 Å². The van der Waals surface area contributed by atoms with Crippen molar-refractivity contribution >= 4 is 22.6 Å². The summed E-state index contributed by atoms with van der Waals surface area (Å²) in [4.78, 5) is 24.9. The second-order valence-electron chi connectivity index (χ2n) is 4.44. The van der Waals surface area contributed by atoms with Gasteiger partial charge in [-0.2, -0.15) is 0 Å². The van der Waals surface area contributed by atoms with Crippen LogP contribution >= 0.6 is 22.6 Å². The first-order chi connectivity index (χ1) is 8.57. The molecule has 1 aromatic heterocycles. The lowest BCUT2D eigenvalue weighted by molar-refractivity contribution is -0.164. The molecule has 7 nitrogen and oxygen atoms in total. The van der Waals surface area contributed by atoms with E-state index in [2.05, 4.69) is 27.6 Å². The maximum atomic E-state index is 11.7. The third-order valence-corrected chi connectivity index (χ3v) is 4.65. The summed E-state index contributed by atoms with van der Waals surface area (Å²) in [7, 11) is 0. The van der Waals surface area contributed by atoms with Gasteiger partial charge in [-0.15, -0.1) is 0 Å². The van der Waals surface area contributed by atoms with Crippen LogP contribution in [-0.2, 0) is 9.47 Å². The Hall–Kier alpha value is -0.710. The molecule has 2 aliphatic heterocycles. The fraction of sp³-hybridized carbons (Fsp3) is 0.600. The third-order valence-electron chi connectivity index (χ3n) is 3.36. The summed E-state index contributed by atoms with van der Waals surface area (Å²) < 4.78 is 13.1. The summed E-state index contributed by atoms with van der Waals surface area (Å²) in [6.45, 7) is 0.316. The lowest BCUT2D eigenvalue weighted by Crippen LogP contribution is -2.43. The van der Waals surface area contributed by atoms with Gasteiger partial charge in [0.2, 0.25) is 0 Å². The molecular formula is C10H11IN2O5. The molecule has 0 radical (unpaired) electrons. The Kier molecular flexibility index (Phi) is 2.84. The van der Waals surface area contributed by atoms with Crippen molar-refractivity contribution < 1.29 is 14.6 Å². The third kappa shape index (κ3) is 1.59. The molecule has 2 unspecified atom stereocenters. The van der Waals surface area contributed by atoms with Crippen LogP contribution in [-0.4, -0.2) is 43.5 Å². The van der Waals surface area contributed by atoms with Gasteiger partial charge in [-0.25, -0.2) is 4.79 Å². The smallest absolute Gasteiger partial charge is 0.330 e. The van der Waals surface area contributed by atoms with Crippen LogP contribution in [0.1, 0.15) is 6.23 Å². The molecule has 3 rings (SSSR count). The van der Waals surface area contributed by atoms with Gasteiger partial charge < -0.3 is 14.6 Å². The van der Waals surface area contributed by atoms with Crippen LogP contribution in [0.5, 0.6) is 0 Å². The number of halogens is 1. The van der Waals surface area contributed by atoms with E-state index in [0.29, 0.717) is 11.0 Å². The summed E-state index contributed by atoms with van der Waals surface area (Å²) in [5, 5.41) is 10.1. The lowest BCUT2D eigenvalue weighted by Gasteiger charge is -2.29. The monoisotopic (exact) mass is 366 g/mol. The Balaban J connectivity index is 2.01. The number of hydrogen-bond donors (Lipinski definition) is 2. The molecule has 2 saturated heterocycles. The molecule has 0 amide bonds. The Morgan fingerprint density at radius 2 is 2.39 bits per heavy atom. The van der Waals surface area contributed by atoms with Gasteiger partial charge in [0.15, 0.2) is 6.23 Å². The van der Waals surface area contributed by atoms with Gasteiger partial charge in [-0.05, 0) is 0 Å². The molecule has 0 spiro atoms. The van der Waals surface area contributed by atoms with Crippen LogP contribution in [0.3, 0.4) is 0 Å². The van der Waals surface area contributed by atoms with E-state index in [1.54, 1.807) is 0 Å². The first-order valence-corrected chi connectivity index (χ1v) is 6.95. The highest BCUT2D eigenvalue weighted by Gasteiger charge is 2.61. The highest BCUT2D eigenvalue weighted by Crippen LogP contribution is 2.45. The zero-order valence-electron chi connectivity index (χ0n) is 9.21. The van der Waals surface area contributed by atoms with E-state index in [0.717, 1.165) is 0 Å². The Labute approximate surface area is 115 Å². The first kappa shape index (κ1) is 12.3. The molecule has 8 heteroatoms. The SMILES string of the molecule is O=c1ccn([C@@H]2O[C@@]3(CI)COC2C3O)c(=O)[nH]1. The van der Waals surface area contributed by atoms with Gasteiger partial charge in [0.25, 0.3) is 5.56 Å². The molecule has 0 aliphatic carbocycles. The van der Waals surface area contributed by atoms with E-state index < -0.39 is 35.3 Å². The zero-order valence-corrected chi connectivity index (χ0v) is 11.4. The molecule has 4 atom stereocenters. The molecule has 0 saturated carbocycles. The van der Waals surface area contributed by atoms with Gasteiger partial charge in [0, 0.05) is 16.7 Å². The fourth-order valence-corrected chi connectivity index (χ4v) is 3.21. The zero-order chi connectivity index (χ0) is 12.9. The van der Waals surface area contributed by atoms with Crippen molar-refractivity contribution in [2.45, 2.75) is 24.0 Å². The standard InChI is InChI=1S/C10H11IN2O5/c11-3-10-4-17-6(7(10)15)8(18-10)13-2-1-5(14)12-9(13)16/h1-2,6-8,15H,3-4H2,(H,12,14,16)/t6?,7?,8-,10+/m1/s1. The number of aromatic nitrogens is 2. The van der Waals surface area contributed by atoms with Crippen molar-refractivity contribution in [2.75, 3.05) is 11.0 Å². The predicted octanol–water partition coefficient (Wildman–Crippen LogP) is -1.00. The summed E-state index contributed by atoms with van der Waals surface area (Å²) >= 11 is 2.12. The van der Waals surface area contributed by atoms with Gasteiger partial charge >= 0.3 is 5.69 Å². The quantitative estimate of drug-likeness (QED) is 0.518. The van der Waals surface area contributed by atoms with Gasteiger partial charge in [-0.1, -0.05) is 22.6 Å². The van der Waals surface area contributed by atoms with Crippen molar-refractivity contribution in [1.82, 2.24) is 9.55 Å². The number of aliphatic hydroxyl groups is 1. The van der Waals surface area contributed by atoms with Crippen molar-refractivity contribution in [2.24, 2.45) is 0 Å². The average molecular weight is 366 g/mol. The highest BCUT2D eigenvalue weighted by atomic mass is 127. The van der Waals surface area contributed by atoms with Crippen LogP contribution in [0.15, 0.2) is 21.9 Å². The summed E-state index contributed by atoms with van der Waals surface area (Å²) in [6, 6.07) is 1.24. The van der Waals surface area contributed by atoms with Crippen LogP contribution in [0, 0.1) is 0 Å².